The lowest BCUT2D eigenvalue weighted by Crippen LogP contribution is -2.43. The van der Waals surface area contributed by atoms with Gasteiger partial charge >= 0.3 is 6.09 Å². The quantitative estimate of drug-likeness (QED) is 0.826. The second-order valence-electron chi connectivity index (χ2n) is 4.49. The van der Waals surface area contributed by atoms with Crippen molar-refractivity contribution in [3.63, 3.8) is 0 Å². The van der Waals surface area contributed by atoms with Crippen molar-refractivity contribution < 1.29 is 14.3 Å². The van der Waals surface area contributed by atoms with E-state index in [2.05, 4.69) is 0 Å². The van der Waals surface area contributed by atoms with E-state index >= 15 is 0 Å². The van der Waals surface area contributed by atoms with E-state index in [-0.39, 0.29) is 12.2 Å². The molecule has 4 nitrogen and oxygen atoms in total. The lowest BCUT2D eigenvalue weighted by atomic mass is 10.1. The van der Waals surface area contributed by atoms with Crippen molar-refractivity contribution in [1.29, 1.82) is 0 Å². The number of benzene rings is 1. The molecule has 1 aromatic rings. The Bertz CT molecular complexity index is 380. The summed E-state index contributed by atoms with van der Waals surface area (Å²) in [6.45, 7) is 1.71. The number of amides is 1. The average molecular weight is 249 g/mol. The van der Waals surface area contributed by atoms with Crippen LogP contribution < -0.4 is 0 Å². The van der Waals surface area contributed by atoms with Crippen molar-refractivity contribution in [3.05, 3.63) is 35.9 Å². The maximum Gasteiger partial charge on any atom is 0.410 e. The van der Waals surface area contributed by atoms with E-state index < -0.39 is 0 Å². The van der Waals surface area contributed by atoms with Gasteiger partial charge in [0.05, 0.1) is 12.6 Å². The Hall–Kier alpha value is -1.55. The van der Waals surface area contributed by atoms with E-state index in [1.165, 1.54) is 0 Å². The number of likely N-dealkylation sites (tertiary alicyclic amines) is 1. The highest BCUT2D eigenvalue weighted by atomic mass is 16.6. The maximum atomic E-state index is 11.9. The molecule has 0 saturated carbocycles. The van der Waals surface area contributed by atoms with Gasteiger partial charge in [-0.1, -0.05) is 30.3 Å². The highest BCUT2D eigenvalue weighted by Gasteiger charge is 2.24. The van der Waals surface area contributed by atoms with E-state index in [1.807, 2.05) is 30.3 Å². The van der Waals surface area contributed by atoms with Crippen LogP contribution in [-0.4, -0.2) is 37.3 Å². The molecular weight excluding hydrogens is 230 g/mol. The number of hydrogen-bond acceptors (Lipinski definition) is 3. The largest absolute Gasteiger partial charge is 0.445 e. The van der Waals surface area contributed by atoms with Crippen molar-refractivity contribution in [3.8, 4) is 0 Å². The third-order valence-corrected chi connectivity index (χ3v) is 3.17. The zero-order valence-corrected chi connectivity index (χ0v) is 10.7. The van der Waals surface area contributed by atoms with E-state index in [9.17, 15) is 4.79 Å². The van der Waals surface area contributed by atoms with Crippen LogP contribution >= 0.6 is 0 Å². The van der Waals surface area contributed by atoms with Crippen LogP contribution in [0.2, 0.25) is 0 Å². The molecule has 1 aliphatic heterocycles. The van der Waals surface area contributed by atoms with E-state index in [0.29, 0.717) is 13.2 Å². The molecule has 1 heterocycles. The van der Waals surface area contributed by atoms with Gasteiger partial charge in [-0.05, 0) is 18.4 Å². The minimum Gasteiger partial charge on any atom is -0.445 e. The van der Waals surface area contributed by atoms with Gasteiger partial charge in [-0.15, -0.1) is 0 Å². The minimum atomic E-state index is -0.249. The molecule has 0 aromatic heterocycles. The Kier molecular flexibility index (Phi) is 4.59. The summed E-state index contributed by atoms with van der Waals surface area (Å²) in [5.74, 6) is 0. The summed E-state index contributed by atoms with van der Waals surface area (Å²) in [7, 11) is 1.68. The first-order valence-corrected chi connectivity index (χ1v) is 6.28. The van der Waals surface area contributed by atoms with Gasteiger partial charge in [-0.2, -0.15) is 0 Å². The van der Waals surface area contributed by atoms with Gasteiger partial charge in [0, 0.05) is 13.7 Å². The van der Waals surface area contributed by atoms with Crippen molar-refractivity contribution in [2.45, 2.75) is 25.6 Å². The van der Waals surface area contributed by atoms with Crippen LogP contribution in [0.1, 0.15) is 18.4 Å². The number of rotatable bonds is 3. The van der Waals surface area contributed by atoms with Gasteiger partial charge in [0.1, 0.15) is 6.61 Å². The Morgan fingerprint density at radius 1 is 1.39 bits per heavy atom. The first-order chi connectivity index (χ1) is 8.79. The molecule has 1 saturated heterocycles. The Labute approximate surface area is 107 Å². The van der Waals surface area contributed by atoms with Crippen molar-refractivity contribution in [2.24, 2.45) is 0 Å². The molecule has 0 spiro atoms. The van der Waals surface area contributed by atoms with Crippen LogP contribution in [0.5, 0.6) is 0 Å². The first kappa shape index (κ1) is 12.9. The van der Waals surface area contributed by atoms with E-state index in [0.717, 1.165) is 24.9 Å². The predicted octanol–water partition coefficient (Wildman–Crippen LogP) is 2.43. The lowest BCUT2D eigenvalue weighted by molar-refractivity contribution is 0.0220. The summed E-state index contributed by atoms with van der Waals surface area (Å²) in [6, 6.07) is 9.71. The molecule has 0 N–H and O–H groups in total. The Morgan fingerprint density at radius 3 is 2.89 bits per heavy atom. The smallest absolute Gasteiger partial charge is 0.410 e. The van der Waals surface area contributed by atoms with Crippen molar-refractivity contribution >= 4 is 6.09 Å². The van der Waals surface area contributed by atoms with Crippen molar-refractivity contribution in [1.82, 2.24) is 4.90 Å². The zero-order chi connectivity index (χ0) is 12.8. The molecule has 1 amide bonds. The molecule has 98 valence electrons. The fraction of sp³-hybridized carbons (Fsp3) is 0.500. The molecule has 2 rings (SSSR count). The van der Waals surface area contributed by atoms with Crippen LogP contribution in [0, 0.1) is 0 Å². The third kappa shape index (κ3) is 3.47. The fourth-order valence-electron chi connectivity index (χ4n) is 2.11. The summed E-state index contributed by atoms with van der Waals surface area (Å²) in [4.78, 5) is 13.6. The SMILES string of the molecule is CO[C@@H]1CCCN(C(=O)OCc2ccccc2)C1. The van der Waals surface area contributed by atoms with Crippen LogP contribution in [0.25, 0.3) is 0 Å². The Balaban J connectivity index is 1.81. The predicted molar refractivity (Wildman–Crippen MR) is 68.2 cm³/mol. The van der Waals surface area contributed by atoms with Gasteiger partial charge in [-0.3, -0.25) is 0 Å². The second-order valence-corrected chi connectivity index (χ2v) is 4.49. The second kappa shape index (κ2) is 6.40. The van der Waals surface area contributed by atoms with Crippen LogP contribution in [-0.2, 0) is 16.1 Å². The molecule has 0 radical (unpaired) electrons. The Morgan fingerprint density at radius 2 is 2.17 bits per heavy atom. The molecule has 1 aromatic carbocycles. The number of carbonyl (C=O) groups excluding carboxylic acids is 1. The van der Waals surface area contributed by atoms with Gasteiger partial charge in [0.25, 0.3) is 0 Å². The maximum absolute atomic E-state index is 11.9. The van der Waals surface area contributed by atoms with Crippen LogP contribution in [0.3, 0.4) is 0 Å². The monoisotopic (exact) mass is 249 g/mol. The summed E-state index contributed by atoms with van der Waals surface area (Å²) >= 11 is 0. The molecule has 1 atom stereocenters. The van der Waals surface area contributed by atoms with Gasteiger partial charge in [0.2, 0.25) is 0 Å². The summed E-state index contributed by atoms with van der Waals surface area (Å²) in [6.07, 6.45) is 1.88. The van der Waals surface area contributed by atoms with Gasteiger partial charge in [0.15, 0.2) is 0 Å². The fourth-order valence-corrected chi connectivity index (χ4v) is 2.11. The number of carbonyl (C=O) groups is 1. The summed E-state index contributed by atoms with van der Waals surface area (Å²) in [5.41, 5.74) is 1.01. The molecule has 18 heavy (non-hydrogen) atoms. The molecule has 0 aliphatic carbocycles. The number of ether oxygens (including phenoxy) is 2. The lowest BCUT2D eigenvalue weighted by Gasteiger charge is -2.31. The first-order valence-electron chi connectivity index (χ1n) is 6.28. The normalized spacial score (nSPS) is 19.6. The molecular formula is C14H19NO3. The summed E-state index contributed by atoms with van der Waals surface area (Å²) < 4.78 is 10.6. The minimum absolute atomic E-state index is 0.142. The van der Waals surface area contributed by atoms with E-state index in [4.69, 9.17) is 9.47 Å². The molecule has 1 aliphatic rings. The number of hydrogen-bond donors (Lipinski definition) is 0. The molecule has 0 bridgehead atoms. The number of methoxy groups -OCH3 is 1. The molecule has 1 fully saturated rings. The molecule has 4 heteroatoms. The number of nitrogens with zero attached hydrogens (tertiary/aromatic N) is 1. The highest BCUT2D eigenvalue weighted by molar-refractivity contribution is 5.67. The van der Waals surface area contributed by atoms with Crippen LogP contribution in [0.15, 0.2) is 30.3 Å². The van der Waals surface area contributed by atoms with Gasteiger partial charge < -0.3 is 14.4 Å². The average Bonchev–Trinajstić information content (AvgIpc) is 2.46. The van der Waals surface area contributed by atoms with E-state index in [1.54, 1.807) is 12.0 Å². The van der Waals surface area contributed by atoms with Crippen LogP contribution in [0.4, 0.5) is 4.79 Å². The number of piperidine rings is 1. The highest BCUT2D eigenvalue weighted by Crippen LogP contribution is 2.14. The topological polar surface area (TPSA) is 38.8 Å². The summed E-state index contributed by atoms with van der Waals surface area (Å²) in [5, 5.41) is 0. The standard InChI is InChI=1S/C14H19NO3/c1-17-13-8-5-9-15(10-13)14(16)18-11-12-6-3-2-4-7-12/h2-4,6-7,13H,5,8-11H2,1H3/t13-/m1/s1. The molecule has 0 unspecified atom stereocenters. The van der Waals surface area contributed by atoms with Crippen molar-refractivity contribution in [2.75, 3.05) is 20.2 Å². The third-order valence-electron chi connectivity index (χ3n) is 3.17. The zero-order valence-electron chi connectivity index (χ0n) is 10.7. The van der Waals surface area contributed by atoms with Gasteiger partial charge in [-0.25, -0.2) is 4.79 Å².